The first-order chi connectivity index (χ1) is 5.38. The second-order valence-corrected chi connectivity index (χ2v) is 3.66. The van der Waals surface area contributed by atoms with E-state index in [2.05, 4.69) is 11.8 Å². The number of nitrogens with zero attached hydrogens (tertiary/aromatic N) is 1. The maximum atomic E-state index is 5.72. The van der Waals surface area contributed by atoms with Crippen LogP contribution in [0.1, 0.15) is 32.6 Å². The number of halogens is 1. The number of hydrogen-bond acceptors (Lipinski definition) is 1. The Morgan fingerprint density at radius 2 is 2.27 bits per heavy atom. The Hall–Kier alpha value is 0.250. The van der Waals surface area contributed by atoms with Gasteiger partial charge < -0.3 is 0 Å². The average molecular weight is 176 g/mol. The second kappa shape index (κ2) is 5.00. The lowest BCUT2D eigenvalue weighted by molar-refractivity contribution is 0.153. The molecule has 1 fully saturated rings. The van der Waals surface area contributed by atoms with Gasteiger partial charge in [0.15, 0.2) is 0 Å². The van der Waals surface area contributed by atoms with E-state index in [9.17, 15) is 0 Å². The first kappa shape index (κ1) is 9.34. The van der Waals surface area contributed by atoms with Crippen LogP contribution >= 0.6 is 11.6 Å². The molecule has 1 aliphatic rings. The number of hydrogen-bond donors (Lipinski definition) is 0. The summed E-state index contributed by atoms with van der Waals surface area (Å²) in [6.45, 7) is 4.63. The molecule has 0 radical (unpaired) electrons. The van der Waals surface area contributed by atoms with Gasteiger partial charge in [-0.3, -0.25) is 4.90 Å². The number of alkyl halides is 1. The molecule has 1 nitrogen and oxygen atoms in total. The third-order valence-electron chi connectivity index (χ3n) is 2.59. The fourth-order valence-electron chi connectivity index (χ4n) is 1.93. The molecule has 0 amide bonds. The molecule has 0 aromatic heterocycles. The third-order valence-corrected chi connectivity index (χ3v) is 2.76. The van der Waals surface area contributed by atoms with Crippen LogP contribution in [0, 0.1) is 0 Å². The topological polar surface area (TPSA) is 3.24 Å². The molecule has 0 saturated carbocycles. The van der Waals surface area contributed by atoms with Gasteiger partial charge in [-0.15, -0.1) is 11.6 Å². The van der Waals surface area contributed by atoms with Crippen molar-refractivity contribution in [2.75, 3.05) is 19.0 Å². The van der Waals surface area contributed by atoms with Crippen molar-refractivity contribution in [2.24, 2.45) is 0 Å². The second-order valence-electron chi connectivity index (χ2n) is 3.28. The molecule has 1 rings (SSSR count). The number of likely N-dealkylation sites (tertiary alicyclic amines) is 1. The summed E-state index contributed by atoms with van der Waals surface area (Å²) in [5.74, 6) is 0.788. The van der Waals surface area contributed by atoms with Gasteiger partial charge >= 0.3 is 0 Å². The van der Waals surface area contributed by atoms with Gasteiger partial charge in [0.2, 0.25) is 0 Å². The zero-order valence-corrected chi connectivity index (χ0v) is 8.11. The van der Waals surface area contributed by atoms with E-state index in [-0.39, 0.29) is 0 Å². The molecule has 11 heavy (non-hydrogen) atoms. The third kappa shape index (κ3) is 2.64. The predicted octanol–water partition coefficient (Wildman–Crippen LogP) is 2.49. The van der Waals surface area contributed by atoms with Crippen molar-refractivity contribution in [3.63, 3.8) is 0 Å². The van der Waals surface area contributed by atoms with Gasteiger partial charge in [-0.25, -0.2) is 0 Å². The highest BCUT2D eigenvalue weighted by Crippen LogP contribution is 2.18. The van der Waals surface area contributed by atoms with Crippen LogP contribution in [0.5, 0.6) is 0 Å². The van der Waals surface area contributed by atoms with Gasteiger partial charge in [-0.2, -0.15) is 0 Å². The summed E-state index contributed by atoms with van der Waals surface area (Å²) in [6, 6.07) is 0.822. The molecule has 0 aromatic carbocycles. The molecule has 1 heterocycles. The molecule has 2 heteroatoms. The van der Waals surface area contributed by atoms with Gasteiger partial charge in [0.1, 0.15) is 0 Å². The highest BCUT2D eigenvalue weighted by molar-refractivity contribution is 6.18. The normalized spacial score (nSPS) is 27.3. The van der Waals surface area contributed by atoms with E-state index in [0.29, 0.717) is 0 Å². The van der Waals surface area contributed by atoms with Crippen LogP contribution in [0.3, 0.4) is 0 Å². The molecule has 0 bridgehead atoms. The summed E-state index contributed by atoms with van der Waals surface area (Å²) in [5, 5.41) is 0. The van der Waals surface area contributed by atoms with E-state index in [1.807, 2.05) is 0 Å². The fraction of sp³-hybridized carbons (Fsp3) is 1.00. The van der Waals surface area contributed by atoms with Crippen molar-refractivity contribution in [3.05, 3.63) is 0 Å². The molecule has 1 atom stereocenters. The van der Waals surface area contributed by atoms with Crippen LogP contribution in [0.4, 0.5) is 0 Å². The minimum atomic E-state index is 0.788. The lowest BCUT2D eigenvalue weighted by Crippen LogP contribution is -2.40. The van der Waals surface area contributed by atoms with E-state index < -0.39 is 0 Å². The van der Waals surface area contributed by atoms with Crippen molar-refractivity contribution in [3.8, 4) is 0 Å². The molecule has 1 unspecified atom stereocenters. The molecule has 66 valence electrons. The quantitative estimate of drug-likeness (QED) is 0.596. The Labute approximate surface area is 74.7 Å². The zero-order chi connectivity index (χ0) is 8.10. The summed E-state index contributed by atoms with van der Waals surface area (Å²) < 4.78 is 0. The molecular weight excluding hydrogens is 158 g/mol. The van der Waals surface area contributed by atoms with E-state index >= 15 is 0 Å². The molecule has 1 saturated heterocycles. The summed E-state index contributed by atoms with van der Waals surface area (Å²) in [6.07, 6.45) is 5.45. The van der Waals surface area contributed by atoms with Crippen molar-refractivity contribution in [1.29, 1.82) is 0 Å². The highest BCUT2D eigenvalue weighted by Gasteiger charge is 2.19. The maximum Gasteiger partial charge on any atom is 0.0351 e. The molecular formula is C9H18ClN. The van der Waals surface area contributed by atoms with Gasteiger partial charge in [0.25, 0.3) is 0 Å². The minimum Gasteiger partial charge on any atom is -0.299 e. The minimum absolute atomic E-state index is 0.788. The van der Waals surface area contributed by atoms with Crippen LogP contribution in [0.15, 0.2) is 0 Å². The van der Waals surface area contributed by atoms with Crippen molar-refractivity contribution in [2.45, 2.75) is 38.6 Å². The van der Waals surface area contributed by atoms with E-state index in [1.54, 1.807) is 0 Å². The Bertz CT molecular complexity index is 104. The van der Waals surface area contributed by atoms with E-state index in [1.165, 1.54) is 32.2 Å². The van der Waals surface area contributed by atoms with Crippen LogP contribution in [0.25, 0.3) is 0 Å². The lowest BCUT2D eigenvalue weighted by Gasteiger charge is -2.34. The lowest BCUT2D eigenvalue weighted by atomic mass is 10.0. The Morgan fingerprint density at radius 3 is 2.91 bits per heavy atom. The van der Waals surface area contributed by atoms with Crippen molar-refractivity contribution >= 4 is 11.6 Å². The largest absolute Gasteiger partial charge is 0.299 e. The summed E-state index contributed by atoms with van der Waals surface area (Å²) in [4.78, 5) is 2.54. The van der Waals surface area contributed by atoms with Crippen LogP contribution in [0.2, 0.25) is 0 Å². The van der Waals surface area contributed by atoms with E-state index in [4.69, 9.17) is 11.6 Å². The monoisotopic (exact) mass is 175 g/mol. The van der Waals surface area contributed by atoms with Crippen LogP contribution < -0.4 is 0 Å². The fourth-order valence-corrected chi connectivity index (χ4v) is 2.14. The number of rotatable bonds is 3. The van der Waals surface area contributed by atoms with Gasteiger partial charge in [0.05, 0.1) is 0 Å². The van der Waals surface area contributed by atoms with Crippen LogP contribution in [-0.4, -0.2) is 29.9 Å². The standard InChI is InChI=1S/C9H18ClN/c1-2-9-5-3-4-7-11(9)8-6-10/h9H,2-8H2,1H3. The maximum absolute atomic E-state index is 5.72. The Morgan fingerprint density at radius 1 is 1.45 bits per heavy atom. The SMILES string of the molecule is CCC1CCCCN1CCCl. The van der Waals surface area contributed by atoms with E-state index in [0.717, 1.165) is 18.5 Å². The summed E-state index contributed by atoms with van der Waals surface area (Å²) >= 11 is 5.72. The Balaban J connectivity index is 2.31. The highest BCUT2D eigenvalue weighted by atomic mass is 35.5. The molecule has 0 spiro atoms. The summed E-state index contributed by atoms with van der Waals surface area (Å²) in [7, 11) is 0. The summed E-state index contributed by atoms with van der Waals surface area (Å²) in [5.41, 5.74) is 0. The van der Waals surface area contributed by atoms with Crippen LogP contribution in [-0.2, 0) is 0 Å². The molecule has 1 aliphatic heterocycles. The van der Waals surface area contributed by atoms with Gasteiger partial charge in [0, 0.05) is 18.5 Å². The molecule has 0 aliphatic carbocycles. The first-order valence-corrected chi connectivity index (χ1v) is 5.22. The van der Waals surface area contributed by atoms with Crippen molar-refractivity contribution < 1.29 is 0 Å². The van der Waals surface area contributed by atoms with Crippen molar-refractivity contribution in [1.82, 2.24) is 4.90 Å². The predicted molar refractivity (Wildman–Crippen MR) is 50.2 cm³/mol. The Kier molecular flexibility index (Phi) is 4.24. The van der Waals surface area contributed by atoms with Gasteiger partial charge in [-0.05, 0) is 25.8 Å². The smallest absolute Gasteiger partial charge is 0.0351 e. The number of piperidine rings is 1. The zero-order valence-electron chi connectivity index (χ0n) is 7.35. The van der Waals surface area contributed by atoms with Gasteiger partial charge in [-0.1, -0.05) is 13.3 Å². The average Bonchev–Trinajstić information content (AvgIpc) is 2.06. The first-order valence-electron chi connectivity index (χ1n) is 4.68. The molecule has 0 aromatic rings. The molecule has 0 N–H and O–H groups in total.